The number of nitrogens with one attached hydrogen (secondary N) is 1. The van der Waals surface area contributed by atoms with Crippen molar-refractivity contribution in [1.29, 1.82) is 0 Å². The van der Waals surface area contributed by atoms with Crippen molar-refractivity contribution in [3.8, 4) is 5.82 Å². The number of hydrogen-bond acceptors (Lipinski definition) is 6. The Labute approximate surface area is 202 Å². The molecule has 0 unspecified atom stereocenters. The maximum atomic E-state index is 13.1. The minimum atomic E-state index is -0.599. The first-order chi connectivity index (χ1) is 16.7. The summed E-state index contributed by atoms with van der Waals surface area (Å²) in [6, 6.07) is 10.8. The monoisotopic (exact) mass is 473 g/mol. The number of esters is 1. The van der Waals surface area contributed by atoms with E-state index in [-0.39, 0.29) is 35.9 Å². The zero-order chi connectivity index (χ0) is 25.3. The number of amides is 1. The predicted molar refractivity (Wildman–Crippen MR) is 133 cm³/mol. The molecule has 0 saturated heterocycles. The molecule has 0 radical (unpaired) electrons. The van der Waals surface area contributed by atoms with Gasteiger partial charge in [-0.25, -0.2) is 9.78 Å². The molecule has 9 nitrogen and oxygen atoms in total. The van der Waals surface area contributed by atoms with Crippen molar-refractivity contribution < 1.29 is 14.3 Å². The zero-order valence-corrected chi connectivity index (χ0v) is 20.4. The van der Waals surface area contributed by atoms with Gasteiger partial charge in [-0.15, -0.1) is 0 Å². The molecule has 1 N–H and O–H groups in total. The minimum absolute atomic E-state index is 0.0469. The quantitative estimate of drug-likeness (QED) is 0.429. The molecule has 9 heteroatoms. The van der Waals surface area contributed by atoms with Gasteiger partial charge in [0.1, 0.15) is 12.1 Å². The molecule has 4 rings (SSSR count). The predicted octanol–water partition coefficient (Wildman–Crippen LogP) is 3.63. The van der Waals surface area contributed by atoms with Crippen molar-refractivity contribution >= 4 is 28.6 Å². The number of anilines is 1. The van der Waals surface area contributed by atoms with Crippen LogP contribution in [0.1, 0.15) is 39.8 Å². The highest BCUT2D eigenvalue weighted by atomic mass is 16.5. The molecule has 1 aromatic carbocycles. The van der Waals surface area contributed by atoms with E-state index >= 15 is 0 Å². The average Bonchev–Trinajstić information content (AvgIpc) is 3.20. The lowest BCUT2D eigenvalue weighted by molar-refractivity contribution is -0.116. The fraction of sp³-hybridized carbons (Fsp3) is 0.269. The van der Waals surface area contributed by atoms with Crippen LogP contribution in [0.2, 0.25) is 0 Å². The maximum Gasteiger partial charge on any atom is 0.343 e. The van der Waals surface area contributed by atoms with Gasteiger partial charge < -0.3 is 14.6 Å². The van der Waals surface area contributed by atoms with E-state index < -0.39 is 5.97 Å². The Morgan fingerprint density at radius 2 is 1.74 bits per heavy atom. The van der Waals surface area contributed by atoms with E-state index in [4.69, 9.17) is 9.72 Å². The average molecular weight is 474 g/mol. The smallest absolute Gasteiger partial charge is 0.343 e. The van der Waals surface area contributed by atoms with Crippen LogP contribution >= 0.6 is 0 Å². The second-order valence-electron chi connectivity index (χ2n) is 8.42. The molecule has 180 valence electrons. The molecule has 0 bridgehead atoms. The molecule has 0 saturated carbocycles. The third-order valence-corrected chi connectivity index (χ3v) is 5.83. The molecule has 35 heavy (non-hydrogen) atoms. The van der Waals surface area contributed by atoms with Crippen LogP contribution in [0.15, 0.2) is 47.4 Å². The highest BCUT2D eigenvalue weighted by molar-refractivity contribution is 6.00. The molecule has 0 fully saturated rings. The summed E-state index contributed by atoms with van der Waals surface area (Å²) in [6.07, 6.45) is 1.36. The van der Waals surface area contributed by atoms with Gasteiger partial charge in [0.25, 0.3) is 0 Å². The van der Waals surface area contributed by atoms with Crippen LogP contribution in [0.3, 0.4) is 0 Å². The number of ether oxygens (including phenoxy) is 1. The summed E-state index contributed by atoms with van der Waals surface area (Å²) in [5.74, 6) is -0.352. The number of pyridine rings is 2. The van der Waals surface area contributed by atoms with E-state index in [9.17, 15) is 14.4 Å². The van der Waals surface area contributed by atoms with E-state index in [1.807, 2.05) is 38.1 Å². The Hall–Kier alpha value is -4.27. The zero-order valence-electron chi connectivity index (χ0n) is 20.4. The van der Waals surface area contributed by atoms with Crippen LogP contribution in [0.4, 0.5) is 5.82 Å². The lowest BCUT2D eigenvalue weighted by Crippen LogP contribution is -2.25. The van der Waals surface area contributed by atoms with Gasteiger partial charge in [0.05, 0.1) is 18.3 Å². The summed E-state index contributed by atoms with van der Waals surface area (Å²) in [7, 11) is 0. The molecule has 1 amide bonds. The third-order valence-electron chi connectivity index (χ3n) is 5.83. The first-order valence-corrected chi connectivity index (χ1v) is 11.3. The van der Waals surface area contributed by atoms with Crippen molar-refractivity contribution in [1.82, 2.24) is 19.3 Å². The van der Waals surface area contributed by atoms with Crippen LogP contribution < -0.4 is 10.7 Å². The summed E-state index contributed by atoms with van der Waals surface area (Å²) in [5.41, 5.74) is 4.12. The fourth-order valence-corrected chi connectivity index (χ4v) is 4.10. The molecule has 3 aromatic heterocycles. The van der Waals surface area contributed by atoms with Crippen molar-refractivity contribution in [2.75, 3.05) is 11.9 Å². The number of hydrogen-bond donors (Lipinski definition) is 1. The van der Waals surface area contributed by atoms with E-state index in [2.05, 4.69) is 10.4 Å². The molecule has 4 aromatic rings. The van der Waals surface area contributed by atoms with Gasteiger partial charge in [0, 0.05) is 28.9 Å². The highest BCUT2D eigenvalue weighted by Gasteiger charge is 2.23. The summed E-state index contributed by atoms with van der Waals surface area (Å²) < 4.78 is 8.34. The Kier molecular flexibility index (Phi) is 6.50. The van der Waals surface area contributed by atoms with Crippen LogP contribution in [0, 0.1) is 27.7 Å². The second-order valence-corrected chi connectivity index (χ2v) is 8.42. The third kappa shape index (κ3) is 4.70. The number of para-hydroxylation sites is 1. The van der Waals surface area contributed by atoms with Gasteiger partial charge in [0.15, 0.2) is 17.1 Å². The van der Waals surface area contributed by atoms with E-state index in [1.54, 1.807) is 25.3 Å². The standard InChI is InChI=1S/C26H27N5O4/c1-6-35-26(34)21-13-27-31(22-10-16(3)20-9-7-8-15(2)24(20)28-22)25(21)29-23(33)14-30-17(4)11-19(32)12-18(30)5/h7-13H,6,14H2,1-5H3,(H,29,33). The molecular weight excluding hydrogens is 446 g/mol. The minimum Gasteiger partial charge on any atom is -0.462 e. The van der Waals surface area contributed by atoms with E-state index in [0.717, 1.165) is 22.0 Å². The topological polar surface area (TPSA) is 108 Å². The molecule has 0 spiro atoms. The lowest BCUT2D eigenvalue weighted by atomic mass is 10.1. The van der Waals surface area contributed by atoms with Gasteiger partial charge >= 0.3 is 5.97 Å². The van der Waals surface area contributed by atoms with Crippen molar-refractivity contribution in [3.63, 3.8) is 0 Å². The van der Waals surface area contributed by atoms with Crippen molar-refractivity contribution in [2.24, 2.45) is 0 Å². The SMILES string of the molecule is CCOC(=O)c1cnn(-c2cc(C)c3cccc(C)c3n2)c1NC(=O)Cn1c(C)cc(=O)cc1C. The van der Waals surface area contributed by atoms with Crippen LogP contribution in [0.5, 0.6) is 0 Å². The number of benzene rings is 1. The molecular formula is C26H27N5O4. The number of carbonyl (C=O) groups excluding carboxylic acids is 2. The van der Waals surface area contributed by atoms with Gasteiger partial charge in [-0.2, -0.15) is 9.78 Å². The van der Waals surface area contributed by atoms with Crippen molar-refractivity contribution in [3.05, 3.63) is 80.9 Å². The highest BCUT2D eigenvalue weighted by Crippen LogP contribution is 2.26. The number of nitrogens with zero attached hydrogens (tertiary/aromatic N) is 4. The Bertz CT molecular complexity index is 1490. The summed E-state index contributed by atoms with van der Waals surface area (Å²) >= 11 is 0. The lowest BCUT2D eigenvalue weighted by Gasteiger charge is -2.16. The van der Waals surface area contributed by atoms with Gasteiger partial charge in [-0.05, 0) is 51.8 Å². The van der Waals surface area contributed by atoms with Gasteiger partial charge in [-0.1, -0.05) is 18.2 Å². The van der Waals surface area contributed by atoms with Crippen LogP contribution in [-0.2, 0) is 16.1 Å². The number of aryl methyl sites for hydroxylation is 4. The number of fused-ring (bicyclic) bond motifs is 1. The first kappa shape index (κ1) is 23.9. The van der Waals surface area contributed by atoms with Crippen molar-refractivity contribution in [2.45, 2.75) is 41.2 Å². The largest absolute Gasteiger partial charge is 0.462 e. The summed E-state index contributed by atoms with van der Waals surface area (Å²) in [4.78, 5) is 42.3. The summed E-state index contributed by atoms with van der Waals surface area (Å²) in [5, 5.41) is 8.20. The number of carbonyl (C=O) groups is 2. The van der Waals surface area contributed by atoms with E-state index in [1.165, 1.54) is 23.0 Å². The molecule has 0 aliphatic rings. The fourth-order valence-electron chi connectivity index (χ4n) is 4.10. The van der Waals surface area contributed by atoms with Crippen LogP contribution in [-0.4, -0.2) is 37.8 Å². The molecule has 0 aliphatic heterocycles. The Morgan fingerprint density at radius 1 is 1.03 bits per heavy atom. The number of rotatable bonds is 6. The second kappa shape index (κ2) is 9.54. The molecule has 3 heterocycles. The summed E-state index contributed by atoms with van der Waals surface area (Å²) in [6.45, 7) is 9.32. The Morgan fingerprint density at radius 3 is 2.43 bits per heavy atom. The van der Waals surface area contributed by atoms with Gasteiger partial charge in [0.2, 0.25) is 5.91 Å². The molecule has 0 atom stereocenters. The Balaban J connectivity index is 1.78. The normalized spacial score (nSPS) is 11.0. The van der Waals surface area contributed by atoms with E-state index in [0.29, 0.717) is 17.2 Å². The first-order valence-electron chi connectivity index (χ1n) is 11.3. The van der Waals surface area contributed by atoms with Gasteiger partial charge in [-0.3, -0.25) is 9.59 Å². The number of aromatic nitrogens is 4. The van der Waals surface area contributed by atoms with Crippen LogP contribution in [0.25, 0.3) is 16.7 Å². The maximum absolute atomic E-state index is 13.1. The molecule has 0 aliphatic carbocycles.